The molecule has 126 valence electrons. The van der Waals surface area contributed by atoms with Crippen LogP contribution in [0.5, 0.6) is 11.5 Å². The Labute approximate surface area is 142 Å². The molecule has 1 aliphatic heterocycles. The van der Waals surface area contributed by atoms with Crippen LogP contribution in [-0.2, 0) is 9.53 Å². The quantitative estimate of drug-likeness (QED) is 0.907. The number of carbonyl (C=O) groups is 1. The van der Waals surface area contributed by atoms with E-state index in [9.17, 15) is 4.79 Å². The van der Waals surface area contributed by atoms with Gasteiger partial charge in [0.2, 0.25) is 0 Å². The van der Waals surface area contributed by atoms with Gasteiger partial charge in [-0.2, -0.15) is 0 Å². The smallest absolute Gasteiger partial charge is 0.254 e. The minimum Gasteiger partial charge on any atom is -0.455 e. The van der Waals surface area contributed by atoms with E-state index in [1.54, 1.807) is 0 Å². The van der Waals surface area contributed by atoms with Crippen molar-refractivity contribution in [1.82, 2.24) is 5.32 Å². The summed E-state index contributed by atoms with van der Waals surface area (Å²) in [7, 11) is 0. The fourth-order valence-corrected chi connectivity index (χ4v) is 2.68. The number of aryl methyl sites for hydroxylation is 2. The summed E-state index contributed by atoms with van der Waals surface area (Å²) in [5, 5.41) is 6.06. The standard InChI is InChI=1S/C19H22N2O3/c1-13-6-5-7-14(2)18(13)24-16-9-4-3-8-15(16)21-19(22)17-12-20-10-11-23-17/h3-9,17,20H,10-12H2,1-2H3,(H,21,22). The van der Waals surface area contributed by atoms with Gasteiger partial charge in [0.1, 0.15) is 11.9 Å². The summed E-state index contributed by atoms with van der Waals surface area (Å²) < 4.78 is 11.6. The zero-order valence-corrected chi connectivity index (χ0v) is 14.0. The maximum absolute atomic E-state index is 12.4. The second-order valence-electron chi connectivity index (χ2n) is 5.87. The maximum atomic E-state index is 12.4. The number of benzene rings is 2. The molecule has 24 heavy (non-hydrogen) atoms. The Morgan fingerprint density at radius 2 is 1.92 bits per heavy atom. The minimum absolute atomic E-state index is 0.167. The zero-order chi connectivity index (χ0) is 16.9. The van der Waals surface area contributed by atoms with Crippen LogP contribution in [0.2, 0.25) is 0 Å². The number of hydrogen-bond acceptors (Lipinski definition) is 4. The van der Waals surface area contributed by atoms with E-state index >= 15 is 0 Å². The Bertz CT molecular complexity index is 704. The Hall–Kier alpha value is -2.37. The molecular formula is C19H22N2O3. The molecule has 0 aromatic heterocycles. The molecule has 0 spiro atoms. The van der Waals surface area contributed by atoms with Gasteiger partial charge in [-0.25, -0.2) is 0 Å². The van der Waals surface area contributed by atoms with Crippen molar-refractivity contribution in [1.29, 1.82) is 0 Å². The fourth-order valence-electron chi connectivity index (χ4n) is 2.68. The Morgan fingerprint density at radius 1 is 1.17 bits per heavy atom. The monoisotopic (exact) mass is 326 g/mol. The van der Waals surface area contributed by atoms with Crippen LogP contribution in [0, 0.1) is 13.8 Å². The molecule has 5 nitrogen and oxygen atoms in total. The third kappa shape index (κ3) is 3.75. The molecule has 3 rings (SSSR count). The lowest BCUT2D eigenvalue weighted by molar-refractivity contribution is -0.128. The molecule has 5 heteroatoms. The van der Waals surface area contributed by atoms with Gasteiger partial charge in [0.15, 0.2) is 5.75 Å². The van der Waals surface area contributed by atoms with Crippen molar-refractivity contribution in [2.45, 2.75) is 20.0 Å². The molecule has 1 atom stereocenters. The van der Waals surface area contributed by atoms with Gasteiger partial charge >= 0.3 is 0 Å². The topological polar surface area (TPSA) is 59.6 Å². The maximum Gasteiger partial charge on any atom is 0.254 e. The molecule has 0 aliphatic carbocycles. The second kappa shape index (κ2) is 7.47. The Kier molecular flexibility index (Phi) is 5.13. The molecule has 2 N–H and O–H groups in total. The molecule has 1 saturated heterocycles. The highest BCUT2D eigenvalue weighted by Crippen LogP contribution is 2.33. The molecule has 2 aromatic carbocycles. The second-order valence-corrected chi connectivity index (χ2v) is 5.87. The van der Waals surface area contributed by atoms with Gasteiger partial charge < -0.3 is 20.1 Å². The largest absolute Gasteiger partial charge is 0.455 e. The van der Waals surface area contributed by atoms with Gasteiger partial charge in [0, 0.05) is 13.1 Å². The highest BCUT2D eigenvalue weighted by Gasteiger charge is 2.22. The van der Waals surface area contributed by atoms with E-state index in [0.29, 0.717) is 24.6 Å². The summed E-state index contributed by atoms with van der Waals surface area (Å²) in [5.74, 6) is 1.27. The van der Waals surface area contributed by atoms with Crippen molar-refractivity contribution >= 4 is 11.6 Å². The number of nitrogens with one attached hydrogen (secondary N) is 2. The average molecular weight is 326 g/mol. The number of rotatable bonds is 4. The van der Waals surface area contributed by atoms with Gasteiger partial charge in [0.05, 0.1) is 12.3 Å². The number of amides is 1. The SMILES string of the molecule is Cc1cccc(C)c1Oc1ccccc1NC(=O)C1CNCCO1. The summed E-state index contributed by atoms with van der Waals surface area (Å²) in [6, 6.07) is 13.4. The average Bonchev–Trinajstić information content (AvgIpc) is 2.60. The summed E-state index contributed by atoms with van der Waals surface area (Å²) >= 11 is 0. The molecule has 0 bridgehead atoms. The molecule has 1 fully saturated rings. The highest BCUT2D eigenvalue weighted by atomic mass is 16.5. The summed E-state index contributed by atoms with van der Waals surface area (Å²) in [4.78, 5) is 12.4. The van der Waals surface area contributed by atoms with E-state index < -0.39 is 6.10 Å². The normalized spacial score (nSPS) is 17.3. The lowest BCUT2D eigenvalue weighted by Crippen LogP contribution is -2.45. The fraction of sp³-hybridized carbons (Fsp3) is 0.316. The van der Waals surface area contributed by atoms with Gasteiger partial charge in [-0.3, -0.25) is 4.79 Å². The van der Waals surface area contributed by atoms with Gasteiger partial charge in [-0.15, -0.1) is 0 Å². The predicted molar refractivity (Wildman–Crippen MR) is 93.7 cm³/mol. The van der Waals surface area contributed by atoms with Crippen molar-refractivity contribution in [2.24, 2.45) is 0 Å². The first-order chi connectivity index (χ1) is 11.6. The molecule has 0 radical (unpaired) electrons. The first-order valence-corrected chi connectivity index (χ1v) is 8.11. The van der Waals surface area contributed by atoms with E-state index in [2.05, 4.69) is 10.6 Å². The van der Waals surface area contributed by atoms with Crippen LogP contribution in [0.1, 0.15) is 11.1 Å². The third-order valence-corrected chi connectivity index (χ3v) is 3.99. The summed E-state index contributed by atoms with van der Waals surface area (Å²) in [6.45, 7) is 5.84. The number of carbonyl (C=O) groups excluding carboxylic acids is 1. The first kappa shape index (κ1) is 16.5. The van der Waals surface area contributed by atoms with Gasteiger partial charge in [-0.1, -0.05) is 30.3 Å². The Balaban J connectivity index is 1.79. The van der Waals surface area contributed by atoms with Crippen molar-refractivity contribution < 1.29 is 14.3 Å². The van der Waals surface area contributed by atoms with E-state index in [4.69, 9.17) is 9.47 Å². The van der Waals surface area contributed by atoms with Crippen molar-refractivity contribution in [3.05, 3.63) is 53.6 Å². The molecule has 1 amide bonds. The number of para-hydroxylation sites is 3. The number of hydrogen-bond donors (Lipinski definition) is 2. The summed E-state index contributed by atoms with van der Waals surface area (Å²) in [5.41, 5.74) is 2.74. The van der Waals surface area contributed by atoms with Crippen LogP contribution in [0.25, 0.3) is 0 Å². The van der Waals surface area contributed by atoms with E-state index in [1.165, 1.54) is 0 Å². The molecule has 1 unspecified atom stereocenters. The van der Waals surface area contributed by atoms with Crippen LogP contribution in [0.4, 0.5) is 5.69 Å². The lowest BCUT2D eigenvalue weighted by atomic mass is 10.1. The third-order valence-electron chi connectivity index (χ3n) is 3.99. The van der Waals surface area contributed by atoms with Crippen molar-refractivity contribution in [3.63, 3.8) is 0 Å². The molecule has 1 aliphatic rings. The first-order valence-electron chi connectivity index (χ1n) is 8.11. The van der Waals surface area contributed by atoms with E-state index in [1.807, 2.05) is 56.3 Å². The minimum atomic E-state index is -0.480. The zero-order valence-electron chi connectivity index (χ0n) is 14.0. The van der Waals surface area contributed by atoms with Crippen molar-refractivity contribution in [2.75, 3.05) is 25.0 Å². The predicted octanol–water partition coefficient (Wildman–Crippen LogP) is 3.02. The number of anilines is 1. The van der Waals surface area contributed by atoms with Crippen LogP contribution in [-0.4, -0.2) is 31.7 Å². The van der Waals surface area contributed by atoms with Crippen LogP contribution >= 0.6 is 0 Å². The summed E-state index contributed by atoms with van der Waals surface area (Å²) in [6.07, 6.45) is -0.480. The van der Waals surface area contributed by atoms with Crippen LogP contribution in [0.15, 0.2) is 42.5 Å². The molecule has 0 saturated carbocycles. The lowest BCUT2D eigenvalue weighted by Gasteiger charge is -2.23. The Morgan fingerprint density at radius 3 is 2.62 bits per heavy atom. The van der Waals surface area contributed by atoms with Crippen LogP contribution < -0.4 is 15.4 Å². The van der Waals surface area contributed by atoms with E-state index in [-0.39, 0.29) is 5.91 Å². The molecule has 1 heterocycles. The highest BCUT2D eigenvalue weighted by molar-refractivity contribution is 5.95. The van der Waals surface area contributed by atoms with Gasteiger partial charge in [0.25, 0.3) is 5.91 Å². The molecular weight excluding hydrogens is 304 g/mol. The number of morpholine rings is 1. The number of ether oxygens (including phenoxy) is 2. The molecule has 2 aromatic rings. The van der Waals surface area contributed by atoms with Crippen LogP contribution in [0.3, 0.4) is 0 Å². The van der Waals surface area contributed by atoms with Gasteiger partial charge in [-0.05, 0) is 37.1 Å². The van der Waals surface area contributed by atoms with E-state index in [0.717, 1.165) is 23.4 Å². The van der Waals surface area contributed by atoms with Crippen molar-refractivity contribution in [3.8, 4) is 11.5 Å².